The van der Waals surface area contributed by atoms with Gasteiger partial charge in [-0.15, -0.1) is 0 Å². The van der Waals surface area contributed by atoms with Crippen molar-refractivity contribution in [1.29, 1.82) is 0 Å². The fraction of sp³-hybridized carbons (Fsp3) is 0.429. The molecule has 0 saturated carbocycles. The lowest BCUT2D eigenvalue weighted by atomic mass is 10.2. The Balaban J connectivity index is 2.48. The number of ether oxygens (including phenoxy) is 2. The van der Waals surface area contributed by atoms with Gasteiger partial charge in [0.25, 0.3) is 0 Å². The number of rotatable bonds is 5. The van der Waals surface area contributed by atoms with Crippen LogP contribution in [0.5, 0.6) is 5.75 Å². The highest BCUT2D eigenvalue weighted by molar-refractivity contribution is 7.89. The average Bonchev–Trinajstić information content (AvgIpc) is 3.04. The van der Waals surface area contributed by atoms with E-state index in [4.69, 9.17) is 9.84 Å². The first-order valence-corrected chi connectivity index (χ1v) is 8.28. The van der Waals surface area contributed by atoms with Crippen molar-refractivity contribution in [2.24, 2.45) is 0 Å². The van der Waals surface area contributed by atoms with E-state index in [0.29, 0.717) is 6.42 Å². The molecule has 9 heteroatoms. The largest absolute Gasteiger partial charge is 0.496 e. The Morgan fingerprint density at radius 2 is 2.00 bits per heavy atom. The van der Waals surface area contributed by atoms with Gasteiger partial charge in [0.2, 0.25) is 10.0 Å². The minimum absolute atomic E-state index is 0.0397. The molecule has 1 unspecified atom stereocenters. The summed E-state index contributed by atoms with van der Waals surface area (Å²) in [6.45, 7) is 0.124. The highest BCUT2D eigenvalue weighted by Crippen LogP contribution is 2.29. The molecule has 2 rings (SSSR count). The maximum atomic E-state index is 12.7. The summed E-state index contributed by atoms with van der Waals surface area (Å²) in [6.07, 6.45) is 0.727. The van der Waals surface area contributed by atoms with E-state index in [1.54, 1.807) is 0 Å². The van der Waals surface area contributed by atoms with Crippen LogP contribution in [0.25, 0.3) is 0 Å². The highest BCUT2D eigenvalue weighted by Gasteiger charge is 2.39. The average molecular weight is 343 g/mol. The van der Waals surface area contributed by atoms with Crippen LogP contribution in [-0.4, -0.2) is 56.6 Å². The highest BCUT2D eigenvalue weighted by atomic mass is 32.2. The molecule has 0 aromatic heterocycles. The lowest BCUT2D eigenvalue weighted by Gasteiger charge is -2.21. The van der Waals surface area contributed by atoms with Crippen LogP contribution in [0, 0.1) is 0 Å². The molecule has 1 heterocycles. The van der Waals surface area contributed by atoms with E-state index in [9.17, 15) is 18.0 Å². The minimum atomic E-state index is -4.03. The fourth-order valence-corrected chi connectivity index (χ4v) is 4.20. The molecule has 1 aliphatic rings. The Hall–Kier alpha value is -2.13. The Bertz CT molecular complexity index is 729. The van der Waals surface area contributed by atoms with Crippen molar-refractivity contribution in [3.05, 3.63) is 23.8 Å². The lowest BCUT2D eigenvalue weighted by Crippen LogP contribution is -2.40. The lowest BCUT2D eigenvalue weighted by molar-refractivity contribution is -0.140. The molecule has 1 aromatic carbocycles. The fourth-order valence-electron chi connectivity index (χ4n) is 2.53. The van der Waals surface area contributed by atoms with Crippen LogP contribution < -0.4 is 4.74 Å². The zero-order valence-corrected chi connectivity index (χ0v) is 13.5. The van der Waals surface area contributed by atoms with Gasteiger partial charge in [-0.25, -0.2) is 13.2 Å². The molecule has 1 aliphatic heterocycles. The zero-order chi connectivity index (χ0) is 17.2. The summed E-state index contributed by atoms with van der Waals surface area (Å²) < 4.78 is 35.9. The molecule has 0 aliphatic carbocycles. The predicted octanol–water partition coefficient (Wildman–Crippen LogP) is 0.720. The van der Waals surface area contributed by atoms with Gasteiger partial charge in [-0.05, 0) is 31.0 Å². The number of hydrogen-bond acceptors (Lipinski definition) is 6. The minimum Gasteiger partial charge on any atom is -0.496 e. The third-order valence-electron chi connectivity index (χ3n) is 3.67. The van der Waals surface area contributed by atoms with Crippen molar-refractivity contribution in [2.45, 2.75) is 23.8 Å². The Morgan fingerprint density at radius 1 is 1.30 bits per heavy atom. The maximum Gasteiger partial charge on any atom is 0.341 e. The molecule has 0 amide bonds. The first-order valence-electron chi connectivity index (χ1n) is 6.84. The van der Waals surface area contributed by atoms with E-state index < -0.39 is 28.0 Å². The van der Waals surface area contributed by atoms with E-state index in [-0.39, 0.29) is 29.2 Å². The molecule has 1 aromatic rings. The van der Waals surface area contributed by atoms with Gasteiger partial charge in [-0.1, -0.05) is 0 Å². The smallest absolute Gasteiger partial charge is 0.341 e. The van der Waals surface area contributed by atoms with Gasteiger partial charge in [0.05, 0.1) is 19.1 Å². The number of hydrogen-bond donors (Lipinski definition) is 1. The number of carbonyl (C=O) groups excluding carboxylic acids is 1. The van der Waals surface area contributed by atoms with E-state index in [2.05, 4.69) is 4.74 Å². The molecule has 1 saturated heterocycles. The van der Waals surface area contributed by atoms with Crippen molar-refractivity contribution >= 4 is 22.0 Å². The first-order chi connectivity index (χ1) is 10.8. The predicted molar refractivity (Wildman–Crippen MR) is 78.9 cm³/mol. The summed E-state index contributed by atoms with van der Waals surface area (Å²) in [6, 6.07) is 2.66. The number of sulfonamides is 1. The summed E-state index contributed by atoms with van der Waals surface area (Å²) >= 11 is 0. The Kier molecular flexibility index (Phi) is 4.90. The van der Waals surface area contributed by atoms with Crippen LogP contribution in [0.3, 0.4) is 0 Å². The molecule has 0 bridgehead atoms. The van der Waals surface area contributed by atoms with Crippen LogP contribution in [0.4, 0.5) is 0 Å². The molecule has 23 heavy (non-hydrogen) atoms. The molecule has 0 spiro atoms. The van der Waals surface area contributed by atoms with Crippen LogP contribution >= 0.6 is 0 Å². The van der Waals surface area contributed by atoms with Crippen molar-refractivity contribution in [1.82, 2.24) is 4.31 Å². The molecule has 0 radical (unpaired) electrons. The molecule has 1 fully saturated rings. The van der Waals surface area contributed by atoms with Crippen molar-refractivity contribution in [3.8, 4) is 5.75 Å². The van der Waals surface area contributed by atoms with Crippen molar-refractivity contribution < 1.29 is 32.6 Å². The van der Waals surface area contributed by atoms with Gasteiger partial charge in [-0.3, -0.25) is 4.79 Å². The molecule has 126 valence electrons. The summed E-state index contributed by atoms with van der Waals surface area (Å²) in [5.41, 5.74) is -0.0397. The normalized spacial score (nSPS) is 18.6. The number of carboxylic acids is 1. The van der Waals surface area contributed by atoms with Gasteiger partial charge in [0.1, 0.15) is 17.4 Å². The molecule has 8 nitrogen and oxygen atoms in total. The Morgan fingerprint density at radius 3 is 2.57 bits per heavy atom. The molecule has 1 atom stereocenters. The standard InChI is InChI=1S/C14H17NO7S/c1-21-12-6-5-9(8-10(12)14(18)22-2)23(19,20)15-7-3-4-11(15)13(16)17/h5-6,8,11H,3-4,7H2,1-2H3,(H,16,17). The first kappa shape index (κ1) is 17.2. The summed E-state index contributed by atoms with van der Waals surface area (Å²) in [4.78, 5) is 22.8. The molecular formula is C14H17NO7S. The second kappa shape index (κ2) is 6.55. The van der Waals surface area contributed by atoms with Gasteiger partial charge < -0.3 is 14.6 Å². The van der Waals surface area contributed by atoms with Gasteiger partial charge in [0, 0.05) is 6.54 Å². The van der Waals surface area contributed by atoms with Crippen molar-refractivity contribution in [2.75, 3.05) is 20.8 Å². The zero-order valence-electron chi connectivity index (χ0n) is 12.7. The number of aliphatic carboxylic acids is 1. The van der Waals surface area contributed by atoms with Gasteiger partial charge in [0.15, 0.2) is 0 Å². The monoisotopic (exact) mass is 343 g/mol. The molecular weight excluding hydrogens is 326 g/mol. The Labute approximate surface area is 133 Å². The number of esters is 1. The van der Waals surface area contributed by atoms with Crippen LogP contribution in [0.2, 0.25) is 0 Å². The van der Waals surface area contributed by atoms with Crippen LogP contribution in [0.1, 0.15) is 23.2 Å². The van der Waals surface area contributed by atoms with E-state index in [0.717, 1.165) is 10.4 Å². The van der Waals surface area contributed by atoms with E-state index in [1.807, 2.05) is 0 Å². The maximum absolute atomic E-state index is 12.7. The quantitative estimate of drug-likeness (QED) is 0.784. The molecule has 1 N–H and O–H groups in total. The van der Waals surface area contributed by atoms with E-state index >= 15 is 0 Å². The number of benzene rings is 1. The van der Waals surface area contributed by atoms with Gasteiger partial charge >= 0.3 is 11.9 Å². The third-order valence-corrected chi connectivity index (χ3v) is 5.58. The third kappa shape index (κ3) is 3.15. The number of nitrogens with zero attached hydrogens (tertiary/aromatic N) is 1. The summed E-state index contributed by atoms with van der Waals surface area (Å²) in [5, 5.41) is 9.16. The SMILES string of the molecule is COC(=O)c1cc(S(=O)(=O)N2CCCC2C(=O)O)ccc1OC. The van der Waals surface area contributed by atoms with E-state index in [1.165, 1.54) is 26.4 Å². The topological polar surface area (TPSA) is 110 Å². The number of carboxylic acid groups (broad SMARTS) is 1. The summed E-state index contributed by atoms with van der Waals surface area (Å²) in [5.74, 6) is -1.75. The number of methoxy groups -OCH3 is 2. The van der Waals surface area contributed by atoms with Crippen LogP contribution in [-0.2, 0) is 19.6 Å². The van der Waals surface area contributed by atoms with Crippen LogP contribution in [0.15, 0.2) is 23.1 Å². The van der Waals surface area contributed by atoms with Crippen molar-refractivity contribution in [3.63, 3.8) is 0 Å². The second-order valence-electron chi connectivity index (χ2n) is 4.97. The summed E-state index contributed by atoms with van der Waals surface area (Å²) in [7, 11) is -1.52. The second-order valence-corrected chi connectivity index (χ2v) is 6.86. The van der Waals surface area contributed by atoms with Gasteiger partial charge in [-0.2, -0.15) is 4.31 Å². The number of carbonyl (C=O) groups is 2.